The van der Waals surface area contributed by atoms with Gasteiger partial charge in [-0.25, -0.2) is 0 Å². The third-order valence-electron chi connectivity index (χ3n) is 6.47. The second kappa shape index (κ2) is 5.73. The summed E-state index contributed by atoms with van der Waals surface area (Å²) < 4.78 is 0. The summed E-state index contributed by atoms with van der Waals surface area (Å²) in [7, 11) is 0. The van der Waals surface area contributed by atoms with Crippen molar-refractivity contribution in [2.45, 2.75) is 64.7 Å². The Kier molecular flexibility index (Phi) is 4.19. The molecule has 1 unspecified atom stereocenters. The Hall–Kier alpha value is -0.0800. The minimum Gasteiger partial charge on any atom is -0.316 e. The van der Waals surface area contributed by atoms with Gasteiger partial charge in [-0.2, -0.15) is 0 Å². The van der Waals surface area contributed by atoms with Gasteiger partial charge in [0.1, 0.15) is 0 Å². The van der Waals surface area contributed by atoms with Gasteiger partial charge in [0.25, 0.3) is 0 Å². The van der Waals surface area contributed by atoms with E-state index < -0.39 is 0 Å². The van der Waals surface area contributed by atoms with Gasteiger partial charge in [-0.1, -0.05) is 26.2 Å². The number of rotatable bonds is 3. The second-order valence-electron chi connectivity index (χ2n) is 7.62. The molecule has 0 bridgehead atoms. The first-order valence-electron chi connectivity index (χ1n) is 8.69. The van der Waals surface area contributed by atoms with E-state index in [2.05, 4.69) is 17.1 Å². The Balaban J connectivity index is 1.52. The molecule has 2 heteroatoms. The van der Waals surface area contributed by atoms with E-state index in [1.807, 2.05) is 0 Å². The summed E-state index contributed by atoms with van der Waals surface area (Å²) in [6.07, 6.45) is 13.3. The van der Waals surface area contributed by atoms with E-state index in [0.717, 1.165) is 5.41 Å². The van der Waals surface area contributed by atoms with E-state index >= 15 is 0 Å². The Bertz CT molecular complexity index is 278. The van der Waals surface area contributed by atoms with Gasteiger partial charge in [-0.05, 0) is 69.0 Å². The van der Waals surface area contributed by atoms with E-state index in [1.165, 1.54) is 90.5 Å². The van der Waals surface area contributed by atoms with Crippen molar-refractivity contribution in [3.63, 3.8) is 0 Å². The SMILES string of the molecule is CCC1(CN2CCC3(CCCCC3)CC2)CCNC1. The van der Waals surface area contributed by atoms with E-state index in [1.54, 1.807) is 0 Å². The molecule has 3 fully saturated rings. The van der Waals surface area contributed by atoms with Gasteiger partial charge in [0, 0.05) is 13.1 Å². The molecule has 19 heavy (non-hydrogen) atoms. The molecule has 0 amide bonds. The van der Waals surface area contributed by atoms with Gasteiger partial charge in [0.2, 0.25) is 0 Å². The third-order valence-corrected chi connectivity index (χ3v) is 6.47. The van der Waals surface area contributed by atoms with Crippen LogP contribution in [-0.2, 0) is 0 Å². The molecule has 3 aliphatic rings. The maximum atomic E-state index is 3.58. The van der Waals surface area contributed by atoms with E-state index in [-0.39, 0.29) is 0 Å². The van der Waals surface area contributed by atoms with Crippen LogP contribution in [0.5, 0.6) is 0 Å². The minimum absolute atomic E-state index is 0.594. The van der Waals surface area contributed by atoms with Crippen molar-refractivity contribution in [1.29, 1.82) is 0 Å². The highest BCUT2D eigenvalue weighted by molar-refractivity contribution is 4.93. The molecule has 110 valence electrons. The maximum Gasteiger partial charge on any atom is 0.00505 e. The van der Waals surface area contributed by atoms with E-state index in [4.69, 9.17) is 0 Å². The standard InChI is InChI=1S/C17H32N2/c1-2-16(8-11-18-14-16)15-19-12-9-17(10-13-19)6-4-3-5-7-17/h18H,2-15H2,1H3. The van der Waals surface area contributed by atoms with Crippen molar-refractivity contribution >= 4 is 0 Å². The predicted molar refractivity (Wildman–Crippen MR) is 81.4 cm³/mol. The van der Waals surface area contributed by atoms with Crippen LogP contribution in [0.3, 0.4) is 0 Å². The largest absolute Gasteiger partial charge is 0.316 e. The minimum atomic E-state index is 0.594. The van der Waals surface area contributed by atoms with Gasteiger partial charge in [0.05, 0.1) is 0 Å². The fourth-order valence-corrected chi connectivity index (χ4v) is 4.81. The number of nitrogens with one attached hydrogen (secondary N) is 1. The molecule has 1 aliphatic carbocycles. The zero-order chi connectivity index (χ0) is 13.2. The van der Waals surface area contributed by atoms with Crippen LogP contribution in [0, 0.1) is 10.8 Å². The van der Waals surface area contributed by atoms with Crippen LogP contribution in [0.2, 0.25) is 0 Å². The molecule has 0 aromatic heterocycles. The first-order valence-corrected chi connectivity index (χ1v) is 8.69. The van der Waals surface area contributed by atoms with Crippen molar-refractivity contribution in [2.24, 2.45) is 10.8 Å². The summed E-state index contributed by atoms with van der Waals surface area (Å²) >= 11 is 0. The quantitative estimate of drug-likeness (QED) is 0.840. The van der Waals surface area contributed by atoms with E-state index in [0.29, 0.717) is 5.41 Å². The van der Waals surface area contributed by atoms with Gasteiger partial charge < -0.3 is 10.2 Å². The number of nitrogens with zero attached hydrogens (tertiary/aromatic N) is 1. The lowest BCUT2D eigenvalue weighted by Gasteiger charge is -2.46. The molecular weight excluding hydrogens is 232 g/mol. The summed E-state index contributed by atoms with van der Waals surface area (Å²) in [5.74, 6) is 0. The second-order valence-corrected chi connectivity index (χ2v) is 7.62. The normalized spacial score (nSPS) is 35.8. The van der Waals surface area contributed by atoms with Gasteiger partial charge in [0.15, 0.2) is 0 Å². The van der Waals surface area contributed by atoms with Crippen LogP contribution in [0.15, 0.2) is 0 Å². The maximum absolute atomic E-state index is 3.58. The smallest absolute Gasteiger partial charge is 0.00505 e. The Morgan fingerprint density at radius 1 is 0.947 bits per heavy atom. The average molecular weight is 264 g/mol. The highest BCUT2D eigenvalue weighted by Crippen LogP contribution is 2.45. The lowest BCUT2D eigenvalue weighted by molar-refractivity contribution is 0.0444. The van der Waals surface area contributed by atoms with Crippen LogP contribution in [0.25, 0.3) is 0 Å². The molecular formula is C17H32N2. The zero-order valence-electron chi connectivity index (χ0n) is 12.8. The molecule has 2 aliphatic heterocycles. The number of likely N-dealkylation sites (tertiary alicyclic amines) is 1. The summed E-state index contributed by atoms with van der Waals surface area (Å²) in [5, 5.41) is 3.58. The van der Waals surface area contributed by atoms with Crippen molar-refractivity contribution in [2.75, 3.05) is 32.7 Å². The first kappa shape index (κ1) is 13.9. The number of hydrogen-bond acceptors (Lipinski definition) is 2. The average Bonchev–Trinajstić information content (AvgIpc) is 2.92. The summed E-state index contributed by atoms with van der Waals surface area (Å²) in [4.78, 5) is 2.79. The van der Waals surface area contributed by atoms with Crippen molar-refractivity contribution in [3.05, 3.63) is 0 Å². The summed E-state index contributed by atoms with van der Waals surface area (Å²) in [6, 6.07) is 0. The third kappa shape index (κ3) is 3.00. The van der Waals surface area contributed by atoms with Gasteiger partial charge in [-0.15, -0.1) is 0 Å². The lowest BCUT2D eigenvalue weighted by Crippen LogP contribution is -2.46. The van der Waals surface area contributed by atoms with Crippen LogP contribution < -0.4 is 5.32 Å². The predicted octanol–water partition coefficient (Wildman–Crippen LogP) is 3.42. The molecule has 0 aromatic rings. The van der Waals surface area contributed by atoms with Gasteiger partial charge in [-0.3, -0.25) is 0 Å². The number of hydrogen-bond donors (Lipinski definition) is 1. The fraction of sp³-hybridized carbons (Fsp3) is 1.00. The number of piperidine rings is 1. The summed E-state index contributed by atoms with van der Waals surface area (Å²) in [5.41, 5.74) is 1.36. The molecule has 1 atom stereocenters. The molecule has 2 nitrogen and oxygen atoms in total. The van der Waals surface area contributed by atoms with Crippen molar-refractivity contribution in [1.82, 2.24) is 10.2 Å². The monoisotopic (exact) mass is 264 g/mol. The zero-order valence-corrected chi connectivity index (χ0v) is 12.8. The Morgan fingerprint density at radius 3 is 2.26 bits per heavy atom. The molecule has 2 saturated heterocycles. The van der Waals surface area contributed by atoms with Crippen molar-refractivity contribution < 1.29 is 0 Å². The Morgan fingerprint density at radius 2 is 1.68 bits per heavy atom. The van der Waals surface area contributed by atoms with Gasteiger partial charge >= 0.3 is 0 Å². The molecule has 1 spiro atoms. The topological polar surface area (TPSA) is 15.3 Å². The van der Waals surface area contributed by atoms with Crippen molar-refractivity contribution in [3.8, 4) is 0 Å². The lowest BCUT2D eigenvalue weighted by atomic mass is 9.68. The fourth-order valence-electron chi connectivity index (χ4n) is 4.81. The van der Waals surface area contributed by atoms with Crippen LogP contribution in [-0.4, -0.2) is 37.6 Å². The molecule has 3 rings (SSSR count). The molecule has 2 heterocycles. The summed E-state index contributed by atoms with van der Waals surface area (Å²) in [6.45, 7) is 8.99. The van der Waals surface area contributed by atoms with Crippen LogP contribution >= 0.6 is 0 Å². The van der Waals surface area contributed by atoms with Crippen LogP contribution in [0.4, 0.5) is 0 Å². The molecule has 0 radical (unpaired) electrons. The van der Waals surface area contributed by atoms with E-state index in [9.17, 15) is 0 Å². The highest BCUT2D eigenvalue weighted by Gasteiger charge is 2.39. The highest BCUT2D eigenvalue weighted by atomic mass is 15.1. The first-order chi connectivity index (χ1) is 9.26. The Labute approximate surface area is 119 Å². The molecule has 0 aromatic carbocycles. The molecule has 1 saturated carbocycles. The van der Waals surface area contributed by atoms with Crippen LogP contribution in [0.1, 0.15) is 64.7 Å². The molecule has 1 N–H and O–H groups in total.